The van der Waals surface area contributed by atoms with E-state index in [2.05, 4.69) is 10.6 Å². The fraction of sp³-hybridized carbons (Fsp3) is 0.278. The van der Waals surface area contributed by atoms with Crippen molar-refractivity contribution in [3.8, 4) is 5.75 Å². The molecule has 1 unspecified atom stereocenters. The standard InChI is InChI=1S/C18H21ClN2O2/c1-12-6-4-5-7-16(12)13(2)21-18(22)20-11-14-8-9-15(19)10-17(14)23-3/h4-10,13H,11H2,1-3H3,(H2,20,21,22). The maximum Gasteiger partial charge on any atom is 0.315 e. The highest BCUT2D eigenvalue weighted by Crippen LogP contribution is 2.23. The number of ether oxygens (including phenoxy) is 1. The van der Waals surface area contributed by atoms with Crippen molar-refractivity contribution in [2.24, 2.45) is 0 Å². The predicted octanol–water partition coefficient (Wildman–Crippen LogP) is 4.22. The molecule has 0 aliphatic carbocycles. The minimum atomic E-state index is -0.224. The van der Waals surface area contributed by atoms with E-state index in [4.69, 9.17) is 16.3 Å². The van der Waals surface area contributed by atoms with Crippen LogP contribution in [0.3, 0.4) is 0 Å². The number of amides is 2. The average molecular weight is 333 g/mol. The molecule has 2 aromatic carbocycles. The summed E-state index contributed by atoms with van der Waals surface area (Å²) < 4.78 is 5.27. The van der Waals surface area contributed by atoms with E-state index in [-0.39, 0.29) is 12.1 Å². The molecule has 0 saturated carbocycles. The molecular weight excluding hydrogens is 312 g/mol. The number of aryl methyl sites for hydroxylation is 1. The zero-order chi connectivity index (χ0) is 16.8. The number of hydrogen-bond donors (Lipinski definition) is 2. The van der Waals surface area contributed by atoms with Gasteiger partial charge in [0.1, 0.15) is 5.75 Å². The van der Waals surface area contributed by atoms with Crippen LogP contribution in [-0.4, -0.2) is 13.1 Å². The van der Waals surface area contributed by atoms with Gasteiger partial charge in [-0.25, -0.2) is 4.79 Å². The molecule has 0 spiro atoms. The molecule has 0 saturated heterocycles. The van der Waals surface area contributed by atoms with Gasteiger partial charge < -0.3 is 15.4 Å². The Labute approximate surface area is 141 Å². The van der Waals surface area contributed by atoms with Crippen molar-refractivity contribution >= 4 is 17.6 Å². The van der Waals surface area contributed by atoms with E-state index in [9.17, 15) is 4.79 Å². The summed E-state index contributed by atoms with van der Waals surface area (Å²) in [4.78, 5) is 12.1. The molecule has 23 heavy (non-hydrogen) atoms. The molecule has 0 heterocycles. The number of nitrogens with one attached hydrogen (secondary N) is 2. The van der Waals surface area contributed by atoms with Gasteiger partial charge in [-0.2, -0.15) is 0 Å². The van der Waals surface area contributed by atoms with E-state index < -0.39 is 0 Å². The second-order valence-electron chi connectivity index (χ2n) is 5.36. The van der Waals surface area contributed by atoms with Crippen LogP contribution >= 0.6 is 11.6 Å². The van der Waals surface area contributed by atoms with Gasteiger partial charge in [0.15, 0.2) is 0 Å². The van der Waals surface area contributed by atoms with E-state index in [0.717, 1.165) is 16.7 Å². The van der Waals surface area contributed by atoms with Crippen molar-refractivity contribution in [3.05, 3.63) is 64.2 Å². The summed E-state index contributed by atoms with van der Waals surface area (Å²) in [5, 5.41) is 6.38. The van der Waals surface area contributed by atoms with Gasteiger partial charge in [0, 0.05) is 17.1 Å². The molecule has 0 aliphatic heterocycles. The number of carbonyl (C=O) groups excluding carboxylic acids is 1. The number of urea groups is 1. The van der Waals surface area contributed by atoms with Gasteiger partial charge in [-0.15, -0.1) is 0 Å². The van der Waals surface area contributed by atoms with Crippen LogP contribution in [0.2, 0.25) is 5.02 Å². The Morgan fingerprint density at radius 1 is 1.26 bits per heavy atom. The Hall–Kier alpha value is -2.20. The van der Waals surface area contributed by atoms with Gasteiger partial charge >= 0.3 is 6.03 Å². The lowest BCUT2D eigenvalue weighted by atomic mass is 10.0. The topological polar surface area (TPSA) is 50.4 Å². The molecule has 122 valence electrons. The highest BCUT2D eigenvalue weighted by atomic mass is 35.5. The first kappa shape index (κ1) is 17.2. The van der Waals surface area contributed by atoms with Crippen LogP contribution in [-0.2, 0) is 6.54 Å². The first-order valence-corrected chi connectivity index (χ1v) is 7.81. The molecule has 0 aromatic heterocycles. The van der Waals surface area contributed by atoms with Crippen LogP contribution in [0.5, 0.6) is 5.75 Å². The fourth-order valence-electron chi connectivity index (χ4n) is 2.44. The highest BCUT2D eigenvalue weighted by Gasteiger charge is 2.12. The van der Waals surface area contributed by atoms with Gasteiger partial charge in [0.2, 0.25) is 0 Å². The number of methoxy groups -OCH3 is 1. The van der Waals surface area contributed by atoms with E-state index in [1.807, 2.05) is 44.2 Å². The minimum absolute atomic E-state index is 0.0664. The number of carbonyl (C=O) groups is 1. The van der Waals surface area contributed by atoms with Crippen LogP contribution in [0.25, 0.3) is 0 Å². The van der Waals surface area contributed by atoms with Crippen molar-refractivity contribution in [3.63, 3.8) is 0 Å². The maximum absolute atomic E-state index is 12.1. The molecule has 2 aromatic rings. The second kappa shape index (κ2) is 7.88. The molecule has 2 rings (SSSR count). The first-order chi connectivity index (χ1) is 11.0. The average Bonchev–Trinajstić information content (AvgIpc) is 2.53. The molecule has 1 atom stereocenters. The normalized spacial score (nSPS) is 11.7. The summed E-state index contributed by atoms with van der Waals surface area (Å²) in [6, 6.07) is 13.1. The highest BCUT2D eigenvalue weighted by molar-refractivity contribution is 6.30. The van der Waals surface area contributed by atoms with Crippen molar-refractivity contribution < 1.29 is 9.53 Å². The smallest absolute Gasteiger partial charge is 0.315 e. The molecule has 0 aliphatic rings. The Morgan fingerprint density at radius 2 is 2.00 bits per heavy atom. The summed E-state index contributed by atoms with van der Waals surface area (Å²) >= 11 is 5.93. The summed E-state index contributed by atoms with van der Waals surface area (Å²) in [5.74, 6) is 0.657. The van der Waals surface area contributed by atoms with Crippen LogP contribution in [0.4, 0.5) is 4.79 Å². The molecule has 0 radical (unpaired) electrons. The van der Waals surface area contributed by atoms with Crippen LogP contribution in [0.1, 0.15) is 29.7 Å². The lowest BCUT2D eigenvalue weighted by molar-refractivity contribution is 0.237. The Kier molecular flexibility index (Phi) is 5.88. The SMILES string of the molecule is COc1cc(Cl)ccc1CNC(=O)NC(C)c1ccccc1C. The Balaban J connectivity index is 1.94. The van der Waals surface area contributed by atoms with E-state index >= 15 is 0 Å². The fourth-order valence-corrected chi connectivity index (χ4v) is 2.60. The van der Waals surface area contributed by atoms with E-state index in [0.29, 0.717) is 17.3 Å². The van der Waals surface area contributed by atoms with Crippen LogP contribution < -0.4 is 15.4 Å². The lowest BCUT2D eigenvalue weighted by Crippen LogP contribution is -2.36. The molecule has 4 nitrogen and oxygen atoms in total. The Bertz CT molecular complexity index is 688. The third-order valence-corrected chi connectivity index (χ3v) is 3.93. The summed E-state index contributed by atoms with van der Waals surface area (Å²) in [6.07, 6.45) is 0. The zero-order valence-electron chi connectivity index (χ0n) is 13.5. The van der Waals surface area contributed by atoms with E-state index in [1.54, 1.807) is 19.2 Å². The number of hydrogen-bond acceptors (Lipinski definition) is 2. The minimum Gasteiger partial charge on any atom is -0.496 e. The van der Waals surface area contributed by atoms with Crippen molar-refractivity contribution in [2.45, 2.75) is 26.4 Å². The maximum atomic E-state index is 12.1. The summed E-state index contributed by atoms with van der Waals surface area (Å²) in [7, 11) is 1.58. The van der Waals surface area contributed by atoms with Gasteiger partial charge in [0.25, 0.3) is 0 Å². The monoisotopic (exact) mass is 332 g/mol. The van der Waals surface area contributed by atoms with Gasteiger partial charge in [0.05, 0.1) is 13.2 Å². The second-order valence-corrected chi connectivity index (χ2v) is 5.80. The third kappa shape index (κ3) is 4.63. The molecular formula is C18H21ClN2O2. The van der Waals surface area contributed by atoms with Crippen molar-refractivity contribution in [1.82, 2.24) is 10.6 Å². The molecule has 0 bridgehead atoms. The number of rotatable bonds is 5. The third-order valence-electron chi connectivity index (χ3n) is 3.69. The van der Waals surface area contributed by atoms with Crippen LogP contribution in [0.15, 0.2) is 42.5 Å². The summed E-state index contributed by atoms with van der Waals surface area (Å²) in [6.45, 7) is 4.36. The lowest BCUT2D eigenvalue weighted by Gasteiger charge is -2.17. The summed E-state index contributed by atoms with van der Waals surface area (Å²) in [5.41, 5.74) is 3.13. The number of benzene rings is 2. The van der Waals surface area contributed by atoms with E-state index in [1.165, 1.54) is 0 Å². The zero-order valence-corrected chi connectivity index (χ0v) is 14.3. The van der Waals surface area contributed by atoms with Gasteiger partial charge in [-0.3, -0.25) is 0 Å². The predicted molar refractivity (Wildman–Crippen MR) is 93.0 cm³/mol. The number of halogens is 1. The largest absolute Gasteiger partial charge is 0.496 e. The van der Waals surface area contributed by atoms with Gasteiger partial charge in [-0.05, 0) is 37.1 Å². The first-order valence-electron chi connectivity index (χ1n) is 7.43. The quantitative estimate of drug-likeness (QED) is 0.861. The van der Waals surface area contributed by atoms with Crippen LogP contribution in [0, 0.1) is 6.92 Å². The molecule has 5 heteroatoms. The van der Waals surface area contributed by atoms with Crippen molar-refractivity contribution in [2.75, 3.05) is 7.11 Å². The van der Waals surface area contributed by atoms with Crippen molar-refractivity contribution in [1.29, 1.82) is 0 Å². The molecule has 2 N–H and O–H groups in total. The van der Waals surface area contributed by atoms with Gasteiger partial charge in [-0.1, -0.05) is 41.9 Å². The molecule has 0 fully saturated rings. The Morgan fingerprint density at radius 3 is 2.70 bits per heavy atom. The molecule has 2 amide bonds.